The Morgan fingerprint density at radius 2 is 1.88 bits per heavy atom. The zero-order valence-corrected chi connectivity index (χ0v) is 8.78. The summed E-state index contributed by atoms with van der Waals surface area (Å²) in [6.45, 7) is -0.732. The topological polar surface area (TPSA) is 102 Å². The van der Waals surface area contributed by atoms with Gasteiger partial charge in [0.2, 0.25) is 5.75 Å². The molecule has 2 atom stereocenters. The van der Waals surface area contributed by atoms with Gasteiger partial charge in [-0.2, -0.15) is 0 Å². The van der Waals surface area contributed by atoms with Crippen LogP contribution in [0.2, 0.25) is 0 Å². The summed E-state index contributed by atoms with van der Waals surface area (Å²) in [7, 11) is 0. The molecule has 1 aromatic rings. The molecule has 1 aromatic carbocycles. The lowest BCUT2D eigenvalue weighted by Gasteiger charge is -2.31. The van der Waals surface area contributed by atoms with Gasteiger partial charge in [0.15, 0.2) is 18.0 Å². The summed E-state index contributed by atoms with van der Waals surface area (Å²) in [4.78, 5) is 10.2. The van der Waals surface area contributed by atoms with Crippen LogP contribution in [-0.2, 0) is 0 Å². The third kappa shape index (κ3) is 2.02. The first-order chi connectivity index (χ1) is 8.17. The van der Waals surface area contributed by atoms with Crippen molar-refractivity contribution in [1.82, 2.24) is 0 Å². The van der Waals surface area contributed by atoms with Gasteiger partial charge in [0.05, 0.1) is 18.1 Å². The van der Waals surface area contributed by atoms with Crippen molar-refractivity contribution in [3.8, 4) is 11.5 Å². The molecule has 0 spiro atoms. The number of para-hydroxylation sites is 1. The van der Waals surface area contributed by atoms with Crippen molar-refractivity contribution >= 4 is 5.69 Å². The molecule has 0 bridgehead atoms. The first-order valence-electron chi connectivity index (χ1n) is 4.99. The molecule has 2 N–H and O–H groups in total. The van der Waals surface area contributed by atoms with Gasteiger partial charge in [-0.25, -0.2) is 0 Å². The standard InChI is InChI=1S/C10H11NO6/c12-4-8-9(5-13)17-10-6(11(14)15)2-1-3-7(10)16-8/h1-3,8-9,12-13H,4-5H2/t8-,9-/m1/s1. The molecule has 7 heteroatoms. The van der Waals surface area contributed by atoms with Crippen LogP contribution in [0, 0.1) is 10.1 Å². The van der Waals surface area contributed by atoms with E-state index in [2.05, 4.69) is 0 Å². The first kappa shape index (κ1) is 11.6. The van der Waals surface area contributed by atoms with Crippen LogP contribution in [0.15, 0.2) is 18.2 Å². The van der Waals surface area contributed by atoms with Crippen LogP contribution in [0.5, 0.6) is 11.5 Å². The van der Waals surface area contributed by atoms with Crippen LogP contribution < -0.4 is 9.47 Å². The van der Waals surface area contributed by atoms with Crippen molar-refractivity contribution in [2.75, 3.05) is 13.2 Å². The SMILES string of the molecule is O=[N+]([O-])c1cccc2c1O[C@H](CO)[C@@H](CO)O2. The zero-order valence-electron chi connectivity index (χ0n) is 8.78. The Labute approximate surface area is 96.4 Å². The van der Waals surface area contributed by atoms with Crippen LogP contribution in [-0.4, -0.2) is 40.6 Å². The second-order valence-electron chi connectivity index (χ2n) is 3.54. The van der Waals surface area contributed by atoms with Crippen molar-refractivity contribution in [3.63, 3.8) is 0 Å². The minimum absolute atomic E-state index is 0.0127. The quantitative estimate of drug-likeness (QED) is 0.574. The third-order valence-electron chi connectivity index (χ3n) is 2.48. The van der Waals surface area contributed by atoms with Crippen molar-refractivity contribution in [3.05, 3.63) is 28.3 Å². The second kappa shape index (κ2) is 4.56. The second-order valence-corrected chi connectivity index (χ2v) is 3.54. The maximum absolute atomic E-state index is 10.8. The summed E-state index contributed by atoms with van der Waals surface area (Å²) in [5.74, 6) is 0.184. The van der Waals surface area contributed by atoms with Crippen LogP contribution in [0.25, 0.3) is 0 Å². The Morgan fingerprint density at radius 1 is 1.24 bits per heavy atom. The van der Waals surface area contributed by atoms with E-state index in [-0.39, 0.29) is 23.8 Å². The lowest BCUT2D eigenvalue weighted by Crippen LogP contribution is -2.44. The Hall–Kier alpha value is -1.86. The average Bonchev–Trinajstić information content (AvgIpc) is 2.35. The predicted octanol–water partition coefficient (Wildman–Crippen LogP) is 0.0878. The number of nitro groups is 1. The largest absolute Gasteiger partial charge is 0.480 e. The smallest absolute Gasteiger partial charge is 0.314 e. The molecule has 7 nitrogen and oxygen atoms in total. The molecule has 92 valence electrons. The van der Waals surface area contributed by atoms with Crippen molar-refractivity contribution in [2.24, 2.45) is 0 Å². The molecular formula is C10H11NO6. The highest BCUT2D eigenvalue weighted by Gasteiger charge is 2.34. The van der Waals surface area contributed by atoms with Gasteiger partial charge in [-0.1, -0.05) is 6.07 Å². The molecule has 1 aliphatic rings. The summed E-state index contributed by atoms with van der Waals surface area (Å²) in [5.41, 5.74) is -0.225. The van der Waals surface area contributed by atoms with Gasteiger partial charge in [0.25, 0.3) is 0 Å². The zero-order chi connectivity index (χ0) is 12.4. The molecule has 1 aliphatic heterocycles. The number of aliphatic hydroxyl groups is 2. The molecule has 2 rings (SSSR count). The molecule has 0 radical (unpaired) electrons. The summed E-state index contributed by atoms with van der Waals surface area (Å²) < 4.78 is 10.6. The number of benzene rings is 1. The van der Waals surface area contributed by atoms with E-state index < -0.39 is 23.7 Å². The van der Waals surface area contributed by atoms with Crippen LogP contribution in [0.1, 0.15) is 0 Å². The van der Waals surface area contributed by atoms with Crippen molar-refractivity contribution < 1.29 is 24.6 Å². The Morgan fingerprint density at radius 3 is 2.47 bits per heavy atom. The van der Waals surface area contributed by atoms with Gasteiger partial charge in [0.1, 0.15) is 0 Å². The van der Waals surface area contributed by atoms with E-state index in [0.29, 0.717) is 0 Å². The maximum Gasteiger partial charge on any atom is 0.314 e. The van der Waals surface area contributed by atoms with Gasteiger partial charge in [0, 0.05) is 6.07 Å². The summed E-state index contributed by atoms with van der Waals surface area (Å²) in [5, 5.41) is 28.9. The number of ether oxygens (including phenoxy) is 2. The van der Waals surface area contributed by atoms with E-state index in [1.165, 1.54) is 18.2 Å². The van der Waals surface area contributed by atoms with E-state index in [1.807, 2.05) is 0 Å². The maximum atomic E-state index is 10.8. The Balaban J connectivity index is 2.41. The first-order valence-corrected chi connectivity index (χ1v) is 4.99. The average molecular weight is 241 g/mol. The number of rotatable bonds is 3. The van der Waals surface area contributed by atoms with Gasteiger partial charge >= 0.3 is 5.69 Å². The molecule has 0 saturated carbocycles. The molecule has 17 heavy (non-hydrogen) atoms. The molecule has 0 unspecified atom stereocenters. The monoisotopic (exact) mass is 241 g/mol. The lowest BCUT2D eigenvalue weighted by molar-refractivity contribution is -0.386. The van der Waals surface area contributed by atoms with Crippen molar-refractivity contribution in [1.29, 1.82) is 0 Å². The van der Waals surface area contributed by atoms with E-state index in [4.69, 9.17) is 19.7 Å². The summed E-state index contributed by atoms with van der Waals surface area (Å²) in [6, 6.07) is 4.27. The molecule has 1 heterocycles. The highest BCUT2D eigenvalue weighted by atomic mass is 16.6. The number of nitro benzene ring substituents is 1. The number of fused-ring (bicyclic) bond motifs is 1. The molecule has 0 saturated heterocycles. The Bertz CT molecular complexity index is 435. The fourth-order valence-corrected chi connectivity index (χ4v) is 1.64. The Kier molecular flexibility index (Phi) is 3.12. The van der Waals surface area contributed by atoms with E-state index in [9.17, 15) is 10.1 Å². The van der Waals surface area contributed by atoms with Gasteiger partial charge in [-0.15, -0.1) is 0 Å². The minimum Gasteiger partial charge on any atom is -0.480 e. The van der Waals surface area contributed by atoms with E-state index >= 15 is 0 Å². The molecule has 0 fully saturated rings. The van der Waals surface area contributed by atoms with E-state index in [0.717, 1.165) is 0 Å². The normalized spacial score (nSPS) is 22.2. The highest BCUT2D eigenvalue weighted by molar-refractivity contribution is 5.56. The molecule has 0 aliphatic carbocycles. The lowest BCUT2D eigenvalue weighted by atomic mass is 10.1. The fraction of sp³-hybridized carbons (Fsp3) is 0.400. The fourth-order valence-electron chi connectivity index (χ4n) is 1.64. The van der Waals surface area contributed by atoms with Crippen LogP contribution in [0.3, 0.4) is 0 Å². The highest BCUT2D eigenvalue weighted by Crippen LogP contribution is 2.41. The van der Waals surface area contributed by atoms with Gasteiger partial charge in [-0.05, 0) is 6.07 Å². The molecule has 0 amide bonds. The third-order valence-corrected chi connectivity index (χ3v) is 2.48. The van der Waals surface area contributed by atoms with Gasteiger partial charge in [-0.3, -0.25) is 10.1 Å². The summed E-state index contributed by atoms with van der Waals surface area (Å²) >= 11 is 0. The van der Waals surface area contributed by atoms with Crippen LogP contribution >= 0.6 is 0 Å². The number of nitrogens with zero attached hydrogens (tertiary/aromatic N) is 1. The van der Waals surface area contributed by atoms with E-state index in [1.54, 1.807) is 0 Å². The van der Waals surface area contributed by atoms with Crippen molar-refractivity contribution in [2.45, 2.75) is 12.2 Å². The number of hydrogen-bond acceptors (Lipinski definition) is 6. The predicted molar refractivity (Wildman–Crippen MR) is 56.1 cm³/mol. The number of aliphatic hydroxyl groups excluding tert-OH is 2. The minimum atomic E-state index is -0.811. The summed E-state index contributed by atoms with van der Waals surface area (Å²) in [6.07, 6.45) is -1.54. The number of hydrogen-bond donors (Lipinski definition) is 2. The van der Waals surface area contributed by atoms with Crippen LogP contribution in [0.4, 0.5) is 5.69 Å². The van der Waals surface area contributed by atoms with Gasteiger partial charge < -0.3 is 19.7 Å². The molecule has 0 aromatic heterocycles. The molecular weight excluding hydrogens is 230 g/mol.